The summed E-state index contributed by atoms with van der Waals surface area (Å²) < 4.78 is 0. The zero-order chi connectivity index (χ0) is 14.9. The predicted octanol–water partition coefficient (Wildman–Crippen LogP) is 4.78. The topological polar surface area (TPSA) is 0 Å². The van der Waals surface area contributed by atoms with Gasteiger partial charge in [-0.1, -0.05) is 81.3 Å². The highest BCUT2D eigenvalue weighted by molar-refractivity contribution is 6.16. The fraction of sp³-hybridized carbons (Fsp3) is 0.400. The largest absolute Gasteiger partial charge is 0.115 e. The molecule has 21 heavy (non-hydrogen) atoms. The molecule has 0 spiro atoms. The first-order chi connectivity index (χ1) is 9.99. The molecule has 108 valence electrons. The average molecular weight is 276 g/mol. The molecule has 0 N–H and O–H groups in total. The van der Waals surface area contributed by atoms with Gasteiger partial charge in [0.1, 0.15) is 7.85 Å². The van der Waals surface area contributed by atoms with Crippen LogP contribution in [0.15, 0.2) is 54.6 Å². The molecule has 3 rings (SSSR count). The monoisotopic (exact) mass is 276 g/mol. The van der Waals surface area contributed by atoms with Gasteiger partial charge in [0.2, 0.25) is 0 Å². The van der Waals surface area contributed by atoms with Crippen LogP contribution in [0.2, 0.25) is 0 Å². The average Bonchev–Trinajstić information content (AvgIpc) is 2.52. The van der Waals surface area contributed by atoms with E-state index in [-0.39, 0.29) is 0 Å². The smallest absolute Gasteiger partial charge is 0.0622 e. The molecule has 0 aromatic heterocycles. The van der Waals surface area contributed by atoms with E-state index in [2.05, 4.69) is 76.3 Å². The van der Waals surface area contributed by atoms with Crippen molar-refractivity contribution >= 4 is 7.85 Å². The summed E-state index contributed by atoms with van der Waals surface area (Å²) in [6.45, 7) is 4.82. The predicted molar refractivity (Wildman–Crippen MR) is 94.3 cm³/mol. The fourth-order valence-electron chi connectivity index (χ4n) is 3.46. The molecule has 1 aliphatic rings. The Bertz CT molecular complexity index is 585. The van der Waals surface area contributed by atoms with E-state index in [0.29, 0.717) is 10.7 Å². The molecule has 1 heteroatoms. The molecule has 0 nitrogen and oxygen atoms in total. The van der Waals surface area contributed by atoms with Gasteiger partial charge >= 0.3 is 0 Å². The van der Waals surface area contributed by atoms with Crippen LogP contribution in [0.4, 0.5) is 0 Å². The number of benzene rings is 2. The van der Waals surface area contributed by atoms with Gasteiger partial charge in [0.15, 0.2) is 0 Å². The third-order valence-electron chi connectivity index (χ3n) is 5.40. The Labute approximate surface area is 130 Å². The molecular formula is C20H25B. The molecule has 0 aliphatic heterocycles. The van der Waals surface area contributed by atoms with Crippen molar-refractivity contribution in [1.29, 1.82) is 0 Å². The molecule has 1 fully saturated rings. The third-order valence-corrected chi connectivity index (χ3v) is 5.40. The number of rotatable bonds is 2. The number of hydrogen-bond acceptors (Lipinski definition) is 0. The van der Waals surface area contributed by atoms with Gasteiger partial charge < -0.3 is 0 Å². The second kappa shape index (κ2) is 5.37. The Balaban J connectivity index is 1.81. The standard InChI is InChI=1S/C20H25B/c1-19(2)12-14-20(21,15-13-19)18-10-8-17(9-11-18)16-6-4-3-5-7-16/h3-11H,12-15,21H2,1-2H3. The van der Waals surface area contributed by atoms with E-state index in [1.54, 1.807) is 0 Å². The third kappa shape index (κ3) is 3.07. The molecular weight excluding hydrogens is 251 g/mol. The minimum Gasteiger partial charge on any atom is -0.0622 e. The molecule has 0 radical (unpaired) electrons. The SMILES string of the molecule is BC1(c2ccc(-c3ccccc3)cc2)CCC(C)(C)CC1. The summed E-state index contributed by atoms with van der Waals surface area (Å²) in [6, 6.07) is 19.9. The van der Waals surface area contributed by atoms with Crippen molar-refractivity contribution in [3.05, 3.63) is 60.2 Å². The van der Waals surface area contributed by atoms with Gasteiger partial charge in [-0.05, 0) is 40.3 Å². The second-order valence-corrected chi connectivity index (χ2v) is 7.67. The molecule has 0 heterocycles. The summed E-state index contributed by atoms with van der Waals surface area (Å²) in [5.74, 6) is 0. The summed E-state index contributed by atoms with van der Waals surface area (Å²) in [5.41, 5.74) is 4.67. The van der Waals surface area contributed by atoms with Crippen molar-refractivity contribution in [3.8, 4) is 11.1 Å². The highest BCUT2D eigenvalue weighted by Gasteiger charge is 2.35. The first-order valence-electron chi connectivity index (χ1n) is 8.15. The van der Waals surface area contributed by atoms with Crippen molar-refractivity contribution in [2.45, 2.75) is 44.8 Å². The van der Waals surface area contributed by atoms with Crippen LogP contribution in [0.1, 0.15) is 45.1 Å². The minimum atomic E-state index is 0.366. The Morgan fingerprint density at radius 1 is 0.714 bits per heavy atom. The van der Waals surface area contributed by atoms with Gasteiger partial charge in [0.25, 0.3) is 0 Å². The van der Waals surface area contributed by atoms with Gasteiger partial charge in [-0.25, -0.2) is 0 Å². The molecule has 1 aliphatic carbocycles. The van der Waals surface area contributed by atoms with E-state index >= 15 is 0 Å². The van der Waals surface area contributed by atoms with Crippen molar-refractivity contribution in [3.63, 3.8) is 0 Å². The van der Waals surface area contributed by atoms with E-state index in [4.69, 9.17) is 0 Å². The quantitative estimate of drug-likeness (QED) is 0.692. The van der Waals surface area contributed by atoms with Gasteiger partial charge in [0, 0.05) is 0 Å². The highest BCUT2D eigenvalue weighted by Crippen LogP contribution is 2.45. The summed E-state index contributed by atoms with van der Waals surface area (Å²) in [7, 11) is 2.44. The van der Waals surface area contributed by atoms with E-state index in [9.17, 15) is 0 Å². The Morgan fingerprint density at radius 3 is 1.81 bits per heavy atom. The van der Waals surface area contributed by atoms with Crippen LogP contribution in [0.25, 0.3) is 11.1 Å². The van der Waals surface area contributed by atoms with Gasteiger partial charge in [-0.3, -0.25) is 0 Å². The maximum atomic E-state index is 2.44. The van der Waals surface area contributed by atoms with E-state index in [1.807, 2.05) is 0 Å². The summed E-state index contributed by atoms with van der Waals surface area (Å²) >= 11 is 0. The lowest BCUT2D eigenvalue weighted by Gasteiger charge is -2.42. The Hall–Kier alpha value is -1.50. The lowest BCUT2D eigenvalue weighted by Crippen LogP contribution is -2.35. The summed E-state index contributed by atoms with van der Waals surface area (Å²) in [5, 5.41) is 0.366. The highest BCUT2D eigenvalue weighted by atomic mass is 14.4. The number of hydrogen-bond donors (Lipinski definition) is 0. The molecule has 0 saturated heterocycles. The first-order valence-corrected chi connectivity index (χ1v) is 8.15. The van der Waals surface area contributed by atoms with Crippen LogP contribution in [-0.4, -0.2) is 7.85 Å². The van der Waals surface area contributed by atoms with Gasteiger partial charge in [-0.15, -0.1) is 0 Å². The molecule has 2 aromatic rings. The fourth-order valence-corrected chi connectivity index (χ4v) is 3.46. The van der Waals surface area contributed by atoms with Crippen LogP contribution in [0, 0.1) is 5.41 Å². The lowest BCUT2D eigenvalue weighted by molar-refractivity contribution is 0.206. The van der Waals surface area contributed by atoms with Crippen LogP contribution >= 0.6 is 0 Å². The van der Waals surface area contributed by atoms with Crippen molar-refractivity contribution < 1.29 is 0 Å². The van der Waals surface area contributed by atoms with Crippen LogP contribution in [0.3, 0.4) is 0 Å². The lowest BCUT2D eigenvalue weighted by atomic mass is 9.53. The van der Waals surface area contributed by atoms with E-state index in [0.717, 1.165) is 0 Å². The van der Waals surface area contributed by atoms with Gasteiger partial charge in [0.05, 0.1) is 0 Å². The Kier molecular flexibility index (Phi) is 3.69. The maximum Gasteiger partial charge on any atom is 0.115 e. The molecule has 1 saturated carbocycles. The van der Waals surface area contributed by atoms with E-state index in [1.165, 1.54) is 42.4 Å². The Morgan fingerprint density at radius 2 is 1.24 bits per heavy atom. The molecule has 0 bridgehead atoms. The van der Waals surface area contributed by atoms with Crippen LogP contribution in [-0.2, 0) is 5.31 Å². The normalized spacial score (nSPS) is 20.1. The zero-order valence-corrected chi connectivity index (χ0v) is 13.5. The van der Waals surface area contributed by atoms with Crippen molar-refractivity contribution in [1.82, 2.24) is 0 Å². The summed E-state index contributed by atoms with van der Waals surface area (Å²) in [4.78, 5) is 0. The van der Waals surface area contributed by atoms with Crippen molar-refractivity contribution in [2.75, 3.05) is 0 Å². The molecule has 0 unspecified atom stereocenters. The molecule has 0 amide bonds. The van der Waals surface area contributed by atoms with Crippen molar-refractivity contribution in [2.24, 2.45) is 5.41 Å². The molecule has 2 aromatic carbocycles. The van der Waals surface area contributed by atoms with Gasteiger partial charge in [-0.2, -0.15) is 0 Å². The maximum absolute atomic E-state index is 2.44. The van der Waals surface area contributed by atoms with Crippen LogP contribution in [0.5, 0.6) is 0 Å². The second-order valence-electron chi connectivity index (χ2n) is 7.67. The van der Waals surface area contributed by atoms with Crippen LogP contribution < -0.4 is 0 Å². The first kappa shape index (κ1) is 14.4. The summed E-state index contributed by atoms with van der Waals surface area (Å²) in [6.07, 6.45) is 5.29. The molecule has 0 atom stereocenters. The zero-order valence-electron chi connectivity index (χ0n) is 13.5. The van der Waals surface area contributed by atoms with E-state index < -0.39 is 0 Å². The minimum absolute atomic E-state index is 0.366.